The standard InChI is InChI=1S/C9H15N3O2/c13-8-11-9(14)2-1-5-12-6-3-10-4-7-12/h1-2,8,10H,3-7H2,(H,11,13,14). The smallest absolute Gasteiger partial charge is 0.250 e. The molecule has 2 amide bonds. The lowest BCUT2D eigenvalue weighted by molar-refractivity contribution is -0.121. The van der Waals surface area contributed by atoms with Crippen LogP contribution in [0.3, 0.4) is 0 Å². The van der Waals surface area contributed by atoms with E-state index in [1.165, 1.54) is 6.08 Å². The van der Waals surface area contributed by atoms with Crippen LogP contribution in [0.4, 0.5) is 0 Å². The van der Waals surface area contributed by atoms with Gasteiger partial charge in [0.15, 0.2) is 0 Å². The van der Waals surface area contributed by atoms with Crippen LogP contribution in [0, 0.1) is 0 Å². The van der Waals surface area contributed by atoms with Gasteiger partial charge in [0.1, 0.15) is 0 Å². The molecule has 1 rings (SSSR count). The van der Waals surface area contributed by atoms with Crippen LogP contribution in [0.15, 0.2) is 12.2 Å². The second-order valence-electron chi connectivity index (χ2n) is 3.08. The molecule has 0 aromatic rings. The van der Waals surface area contributed by atoms with E-state index >= 15 is 0 Å². The van der Waals surface area contributed by atoms with Crippen LogP contribution in [0.1, 0.15) is 0 Å². The Labute approximate surface area is 83.1 Å². The average molecular weight is 197 g/mol. The van der Waals surface area contributed by atoms with Gasteiger partial charge < -0.3 is 5.32 Å². The van der Waals surface area contributed by atoms with Gasteiger partial charge in [-0.25, -0.2) is 0 Å². The molecule has 5 heteroatoms. The first-order valence-corrected chi connectivity index (χ1v) is 4.66. The Hall–Kier alpha value is -1.20. The van der Waals surface area contributed by atoms with E-state index in [0.29, 0.717) is 6.41 Å². The normalized spacial score (nSPS) is 18.3. The first-order chi connectivity index (χ1) is 6.83. The fourth-order valence-corrected chi connectivity index (χ4v) is 1.31. The zero-order chi connectivity index (χ0) is 10.2. The van der Waals surface area contributed by atoms with Crippen molar-refractivity contribution in [1.29, 1.82) is 0 Å². The zero-order valence-corrected chi connectivity index (χ0v) is 8.03. The molecular weight excluding hydrogens is 182 g/mol. The molecule has 2 N–H and O–H groups in total. The lowest BCUT2D eigenvalue weighted by Gasteiger charge is -2.25. The third kappa shape index (κ3) is 4.15. The molecule has 1 fully saturated rings. The summed E-state index contributed by atoms with van der Waals surface area (Å²) < 4.78 is 0. The highest BCUT2D eigenvalue weighted by atomic mass is 16.2. The fourth-order valence-electron chi connectivity index (χ4n) is 1.31. The van der Waals surface area contributed by atoms with Crippen molar-refractivity contribution in [2.45, 2.75) is 0 Å². The Morgan fingerprint density at radius 3 is 2.79 bits per heavy atom. The summed E-state index contributed by atoms with van der Waals surface area (Å²) in [4.78, 5) is 23.0. The van der Waals surface area contributed by atoms with Gasteiger partial charge in [0, 0.05) is 38.8 Å². The molecule has 0 spiro atoms. The first kappa shape index (κ1) is 10.9. The number of nitrogens with zero attached hydrogens (tertiary/aromatic N) is 1. The van der Waals surface area contributed by atoms with Crippen LogP contribution in [-0.2, 0) is 9.59 Å². The van der Waals surface area contributed by atoms with E-state index in [9.17, 15) is 9.59 Å². The minimum absolute atomic E-state index is 0.366. The van der Waals surface area contributed by atoms with Gasteiger partial charge >= 0.3 is 0 Å². The summed E-state index contributed by atoms with van der Waals surface area (Å²) in [5, 5.41) is 5.29. The van der Waals surface area contributed by atoms with Crippen LogP contribution >= 0.6 is 0 Å². The van der Waals surface area contributed by atoms with Gasteiger partial charge in [-0.05, 0) is 0 Å². The van der Waals surface area contributed by atoms with Crippen molar-refractivity contribution in [3.63, 3.8) is 0 Å². The van der Waals surface area contributed by atoms with Gasteiger partial charge in [-0.3, -0.25) is 19.8 Å². The number of hydrogen-bond acceptors (Lipinski definition) is 4. The molecule has 78 valence electrons. The summed E-state index contributed by atoms with van der Waals surface area (Å²) in [5.74, 6) is -0.366. The molecule has 1 aliphatic rings. The number of imide groups is 1. The highest BCUT2D eigenvalue weighted by Gasteiger charge is 2.06. The van der Waals surface area contributed by atoms with Gasteiger partial charge in [-0.15, -0.1) is 0 Å². The van der Waals surface area contributed by atoms with Gasteiger partial charge in [0.2, 0.25) is 12.3 Å². The fraction of sp³-hybridized carbons (Fsp3) is 0.556. The number of carbonyl (C=O) groups excluding carboxylic acids is 2. The van der Waals surface area contributed by atoms with Crippen LogP contribution in [-0.4, -0.2) is 49.9 Å². The Balaban J connectivity index is 2.17. The molecule has 0 bridgehead atoms. The minimum Gasteiger partial charge on any atom is -0.314 e. The Kier molecular flexibility index (Phi) is 4.88. The Morgan fingerprint density at radius 1 is 1.43 bits per heavy atom. The van der Waals surface area contributed by atoms with E-state index < -0.39 is 0 Å². The van der Waals surface area contributed by atoms with Crippen LogP contribution in [0.5, 0.6) is 0 Å². The molecule has 0 aromatic heterocycles. The average Bonchev–Trinajstić information content (AvgIpc) is 2.20. The number of amides is 2. The number of rotatable bonds is 4. The van der Waals surface area contributed by atoms with Crippen LogP contribution < -0.4 is 10.6 Å². The summed E-state index contributed by atoms with van der Waals surface area (Å²) >= 11 is 0. The molecule has 0 aromatic carbocycles. The summed E-state index contributed by atoms with van der Waals surface area (Å²) in [7, 11) is 0. The number of carbonyl (C=O) groups is 2. The lowest BCUT2D eigenvalue weighted by Crippen LogP contribution is -2.43. The summed E-state index contributed by atoms with van der Waals surface area (Å²) in [5.41, 5.74) is 0. The molecule has 0 aliphatic carbocycles. The van der Waals surface area contributed by atoms with Crippen LogP contribution in [0.25, 0.3) is 0 Å². The van der Waals surface area contributed by atoms with Crippen molar-refractivity contribution in [3.05, 3.63) is 12.2 Å². The number of nitrogens with one attached hydrogen (secondary N) is 2. The van der Waals surface area contributed by atoms with E-state index in [4.69, 9.17) is 0 Å². The third-order valence-corrected chi connectivity index (χ3v) is 2.04. The van der Waals surface area contributed by atoms with Crippen molar-refractivity contribution in [2.24, 2.45) is 0 Å². The molecule has 0 saturated carbocycles. The van der Waals surface area contributed by atoms with Crippen molar-refractivity contribution in [2.75, 3.05) is 32.7 Å². The van der Waals surface area contributed by atoms with Gasteiger partial charge in [0.05, 0.1) is 0 Å². The minimum atomic E-state index is -0.366. The van der Waals surface area contributed by atoms with Gasteiger partial charge in [-0.2, -0.15) is 0 Å². The summed E-state index contributed by atoms with van der Waals surface area (Å²) in [6.07, 6.45) is 3.54. The third-order valence-electron chi connectivity index (χ3n) is 2.04. The number of piperazine rings is 1. The SMILES string of the molecule is O=CNC(=O)C=CCN1CCNCC1. The second kappa shape index (κ2) is 6.28. The molecule has 1 heterocycles. The number of hydrogen-bond donors (Lipinski definition) is 2. The van der Waals surface area contributed by atoms with Crippen molar-refractivity contribution >= 4 is 12.3 Å². The van der Waals surface area contributed by atoms with E-state index in [1.54, 1.807) is 6.08 Å². The van der Waals surface area contributed by atoms with Crippen LogP contribution in [0.2, 0.25) is 0 Å². The largest absolute Gasteiger partial charge is 0.314 e. The Bertz CT molecular complexity index is 222. The predicted octanol–water partition coefficient (Wildman–Crippen LogP) is -1.28. The zero-order valence-electron chi connectivity index (χ0n) is 8.03. The molecule has 1 aliphatic heterocycles. The van der Waals surface area contributed by atoms with E-state index in [1.807, 2.05) is 5.32 Å². The maximum Gasteiger partial charge on any atom is 0.250 e. The monoisotopic (exact) mass is 197 g/mol. The van der Waals surface area contributed by atoms with E-state index in [0.717, 1.165) is 32.7 Å². The second-order valence-corrected chi connectivity index (χ2v) is 3.08. The molecule has 1 saturated heterocycles. The summed E-state index contributed by atoms with van der Waals surface area (Å²) in [6.45, 7) is 4.75. The summed E-state index contributed by atoms with van der Waals surface area (Å²) in [6, 6.07) is 0. The first-order valence-electron chi connectivity index (χ1n) is 4.66. The van der Waals surface area contributed by atoms with E-state index in [-0.39, 0.29) is 5.91 Å². The van der Waals surface area contributed by atoms with Gasteiger partial charge in [0.25, 0.3) is 0 Å². The Morgan fingerprint density at radius 2 is 2.14 bits per heavy atom. The molecule has 0 atom stereocenters. The quantitative estimate of drug-likeness (QED) is 0.435. The van der Waals surface area contributed by atoms with Gasteiger partial charge in [-0.1, -0.05) is 6.08 Å². The highest BCUT2D eigenvalue weighted by molar-refractivity contribution is 5.94. The van der Waals surface area contributed by atoms with Crippen molar-refractivity contribution in [3.8, 4) is 0 Å². The van der Waals surface area contributed by atoms with Crippen molar-refractivity contribution in [1.82, 2.24) is 15.5 Å². The topological polar surface area (TPSA) is 61.4 Å². The molecular formula is C9H15N3O2. The van der Waals surface area contributed by atoms with Crippen molar-refractivity contribution < 1.29 is 9.59 Å². The molecule has 14 heavy (non-hydrogen) atoms. The lowest BCUT2D eigenvalue weighted by atomic mass is 10.3. The molecule has 0 radical (unpaired) electrons. The highest BCUT2D eigenvalue weighted by Crippen LogP contribution is 1.91. The van der Waals surface area contributed by atoms with E-state index in [2.05, 4.69) is 10.2 Å². The maximum atomic E-state index is 10.8. The molecule has 5 nitrogen and oxygen atoms in total. The molecule has 0 unspecified atom stereocenters. The maximum absolute atomic E-state index is 10.8. The predicted molar refractivity (Wildman–Crippen MR) is 52.7 cm³/mol.